The minimum Gasteiger partial charge on any atom is -0.497 e. The number of carbonyl (C=O) groups excluding carboxylic acids is 1. The number of hydrogen-bond donors (Lipinski definition) is 1. The Morgan fingerprint density at radius 3 is 2.87 bits per heavy atom. The molecule has 1 aromatic carbocycles. The molecule has 0 aromatic heterocycles. The molecule has 3 fully saturated rings. The molecule has 1 saturated carbocycles. The number of methoxy groups -OCH3 is 1. The molecule has 1 amide bonds. The fraction of sp³-hybridized carbons (Fsp3) is 0.696. The number of piperidine rings is 1. The topological polar surface area (TPSA) is 60.0 Å². The van der Waals surface area contributed by atoms with E-state index in [1.807, 2.05) is 6.07 Å². The molecule has 1 N–H and O–H groups in total. The molecule has 1 spiro atoms. The Balaban J connectivity index is 0.00000218. The molecule has 6 nitrogen and oxygen atoms in total. The highest BCUT2D eigenvalue weighted by Gasteiger charge is 2.44. The second-order valence-corrected chi connectivity index (χ2v) is 8.92. The van der Waals surface area contributed by atoms with Crippen molar-refractivity contribution in [3.05, 3.63) is 29.3 Å². The number of benzene rings is 1. The summed E-state index contributed by atoms with van der Waals surface area (Å²) >= 11 is 0. The normalized spacial score (nSPS) is 30.0. The molecule has 5 rings (SSSR count). The smallest absolute Gasteiger partial charge is 0.225 e. The van der Waals surface area contributed by atoms with Gasteiger partial charge in [-0.25, -0.2) is 0 Å². The van der Waals surface area contributed by atoms with Crippen LogP contribution in [-0.4, -0.2) is 62.9 Å². The van der Waals surface area contributed by atoms with Crippen molar-refractivity contribution in [2.24, 2.45) is 5.92 Å². The highest BCUT2D eigenvalue weighted by Crippen LogP contribution is 2.43. The van der Waals surface area contributed by atoms with Gasteiger partial charge < -0.3 is 24.4 Å². The van der Waals surface area contributed by atoms with Crippen molar-refractivity contribution in [3.8, 4) is 5.75 Å². The predicted molar refractivity (Wildman–Crippen MR) is 116 cm³/mol. The van der Waals surface area contributed by atoms with Crippen LogP contribution in [0.15, 0.2) is 18.2 Å². The molecule has 0 bridgehead atoms. The number of likely N-dealkylation sites (tertiary alicyclic amines) is 1. The molecule has 0 unspecified atom stereocenters. The highest BCUT2D eigenvalue weighted by molar-refractivity contribution is 5.85. The van der Waals surface area contributed by atoms with Crippen LogP contribution in [0.5, 0.6) is 5.75 Å². The number of rotatable bonds is 2. The molecule has 7 heteroatoms. The van der Waals surface area contributed by atoms with Crippen molar-refractivity contribution in [3.63, 3.8) is 0 Å². The van der Waals surface area contributed by atoms with E-state index in [-0.39, 0.29) is 23.9 Å². The lowest BCUT2D eigenvalue weighted by Crippen LogP contribution is -2.55. The molecule has 30 heavy (non-hydrogen) atoms. The monoisotopic (exact) mass is 436 g/mol. The summed E-state index contributed by atoms with van der Waals surface area (Å²) in [5.41, 5.74) is 2.38. The number of nitrogens with one attached hydrogen (secondary N) is 1. The summed E-state index contributed by atoms with van der Waals surface area (Å²) in [5, 5.41) is 3.55. The molecule has 3 atom stereocenters. The molecular weight excluding hydrogens is 404 g/mol. The first kappa shape index (κ1) is 21.9. The van der Waals surface area contributed by atoms with E-state index in [1.54, 1.807) is 7.11 Å². The van der Waals surface area contributed by atoms with Gasteiger partial charge in [0, 0.05) is 31.6 Å². The van der Waals surface area contributed by atoms with Crippen LogP contribution < -0.4 is 10.1 Å². The van der Waals surface area contributed by atoms with E-state index in [0.29, 0.717) is 18.1 Å². The van der Waals surface area contributed by atoms with Crippen molar-refractivity contribution in [1.29, 1.82) is 0 Å². The molecule has 1 aliphatic carbocycles. The van der Waals surface area contributed by atoms with Crippen LogP contribution in [0, 0.1) is 5.92 Å². The standard InChI is InChI=1S/C23H32N2O4.ClH/c1-27-18-3-4-19-16(14-18)6-12-29-23(19)7-10-25(11-8-23)22(26)17-2-5-21-20(15-17)24-9-13-28-21;/h3-4,14,17,20-21,24H,2,5-13,15H2,1H3;1H/t17-,20+,21+;/m0./s1. The first-order chi connectivity index (χ1) is 14.2. The van der Waals surface area contributed by atoms with Crippen LogP contribution in [0.2, 0.25) is 0 Å². The molecule has 2 saturated heterocycles. The van der Waals surface area contributed by atoms with E-state index in [1.165, 1.54) is 11.1 Å². The number of morpholine rings is 1. The van der Waals surface area contributed by atoms with Gasteiger partial charge in [0.2, 0.25) is 5.91 Å². The number of carbonyl (C=O) groups is 1. The van der Waals surface area contributed by atoms with Gasteiger partial charge in [0.25, 0.3) is 0 Å². The quantitative estimate of drug-likeness (QED) is 0.772. The van der Waals surface area contributed by atoms with E-state index >= 15 is 0 Å². The first-order valence-corrected chi connectivity index (χ1v) is 11.1. The van der Waals surface area contributed by atoms with Gasteiger partial charge in [-0.1, -0.05) is 6.07 Å². The third-order valence-electron chi connectivity index (χ3n) is 7.41. The number of halogens is 1. The van der Waals surface area contributed by atoms with Crippen molar-refractivity contribution < 1.29 is 19.0 Å². The summed E-state index contributed by atoms with van der Waals surface area (Å²) < 4.78 is 17.6. The summed E-state index contributed by atoms with van der Waals surface area (Å²) in [6.45, 7) is 3.99. The zero-order chi connectivity index (χ0) is 19.8. The Hall–Kier alpha value is -1.34. The maximum Gasteiger partial charge on any atom is 0.225 e. The number of amides is 1. The van der Waals surface area contributed by atoms with Gasteiger partial charge in [-0.2, -0.15) is 0 Å². The van der Waals surface area contributed by atoms with Crippen molar-refractivity contribution >= 4 is 18.3 Å². The summed E-state index contributed by atoms with van der Waals surface area (Å²) in [6.07, 6.45) is 5.81. The molecule has 3 aliphatic heterocycles. The van der Waals surface area contributed by atoms with Gasteiger partial charge in [-0.15, -0.1) is 12.4 Å². The van der Waals surface area contributed by atoms with Crippen LogP contribution in [0.1, 0.15) is 43.2 Å². The molecule has 3 heterocycles. The van der Waals surface area contributed by atoms with Gasteiger partial charge in [-0.05, 0) is 61.8 Å². The first-order valence-electron chi connectivity index (χ1n) is 11.1. The van der Waals surface area contributed by atoms with Crippen LogP contribution in [0.25, 0.3) is 0 Å². The number of nitrogens with zero attached hydrogens (tertiary/aromatic N) is 1. The third-order valence-corrected chi connectivity index (χ3v) is 7.41. The lowest BCUT2D eigenvalue weighted by molar-refractivity contribution is -0.147. The second kappa shape index (κ2) is 9.03. The van der Waals surface area contributed by atoms with Crippen LogP contribution in [-0.2, 0) is 26.3 Å². The minimum atomic E-state index is -0.243. The second-order valence-electron chi connectivity index (χ2n) is 8.92. The van der Waals surface area contributed by atoms with Crippen molar-refractivity contribution in [2.75, 3.05) is 40.0 Å². The van der Waals surface area contributed by atoms with E-state index in [4.69, 9.17) is 14.2 Å². The van der Waals surface area contributed by atoms with Crippen LogP contribution in [0.4, 0.5) is 0 Å². The average Bonchev–Trinajstić information content (AvgIpc) is 2.78. The van der Waals surface area contributed by atoms with Crippen molar-refractivity contribution in [2.45, 2.75) is 56.3 Å². The molecule has 1 aromatic rings. The van der Waals surface area contributed by atoms with Gasteiger partial charge in [0.1, 0.15) is 5.75 Å². The fourth-order valence-corrected chi connectivity index (χ4v) is 5.78. The number of ether oxygens (including phenoxy) is 3. The summed E-state index contributed by atoms with van der Waals surface area (Å²) in [4.78, 5) is 15.3. The molecular formula is C23H33ClN2O4. The third kappa shape index (κ3) is 3.95. The number of hydrogen-bond acceptors (Lipinski definition) is 5. The fourth-order valence-electron chi connectivity index (χ4n) is 5.78. The van der Waals surface area contributed by atoms with E-state index in [0.717, 1.165) is 77.1 Å². The molecule has 0 radical (unpaired) electrons. The summed E-state index contributed by atoms with van der Waals surface area (Å²) in [5.74, 6) is 1.36. The lowest BCUT2D eigenvalue weighted by atomic mass is 9.78. The Morgan fingerprint density at radius 2 is 2.07 bits per heavy atom. The average molecular weight is 437 g/mol. The summed E-state index contributed by atoms with van der Waals surface area (Å²) in [7, 11) is 1.71. The van der Waals surface area contributed by atoms with E-state index in [2.05, 4.69) is 22.3 Å². The molecule has 166 valence electrons. The molecule has 4 aliphatic rings. The maximum atomic E-state index is 13.2. The zero-order valence-corrected chi connectivity index (χ0v) is 18.5. The van der Waals surface area contributed by atoms with Gasteiger partial charge in [-0.3, -0.25) is 4.79 Å². The van der Waals surface area contributed by atoms with Gasteiger partial charge in [0.15, 0.2) is 0 Å². The van der Waals surface area contributed by atoms with Gasteiger partial charge >= 0.3 is 0 Å². The van der Waals surface area contributed by atoms with E-state index < -0.39 is 0 Å². The lowest BCUT2D eigenvalue weighted by Gasteiger charge is -2.46. The van der Waals surface area contributed by atoms with E-state index in [9.17, 15) is 4.79 Å². The summed E-state index contributed by atoms with van der Waals surface area (Å²) in [6, 6.07) is 6.69. The van der Waals surface area contributed by atoms with Crippen LogP contribution >= 0.6 is 12.4 Å². The van der Waals surface area contributed by atoms with Crippen molar-refractivity contribution in [1.82, 2.24) is 10.2 Å². The number of fused-ring (bicyclic) bond motifs is 3. The van der Waals surface area contributed by atoms with Crippen LogP contribution in [0.3, 0.4) is 0 Å². The Labute approximate surface area is 185 Å². The van der Waals surface area contributed by atoms with Gasteiger partial charge in [0.05, 0.1) is 32.0 Å². The zero-order valence-electron chi connectivity index (χ0n) is 17.7. The maximum absolute atomic E-state index is 13.2. The Kier molecular flexibility index (Phi) is 6.58. The Morgan fingerprint density at radius 1 is 1.23 bits per heavy atom. The largest absolute Gasteiger partial charge is 0.497 e. The minimum absolute atomic E-state index is 0. The SMILES string of the molecule is COc1ccc2c(c1)CCOC21CCN(C(=O)[C@H]2CC[C@H]3OCCN[C@@H]3C2)CC1.Cl. The predicted octanol–water partition coefficient (Wildman–Crippen LogP) is 2.66. The Bertz CT molecular complexity index is 766. The highest BCUT2D eigenvalue weighted by atomic mass is 35.5.